The molecule has 0 amide bonds. The maximum absolute atomic E-state index is 13.3. The van der Waals surface area contributed by atoms with Crippen molar-refractivity contribution in [1.82, 2.24) is 0 Å². The van der Waals surface area contributed by atoms with E-state index < -0.39 is 0 Å². The molecule has 112 valence electrons. The second kappa shape index (κ2) is 7.25. The van der Waals surface area contributed by atoms with Crippen molar-refractivity contribution in [2.75, 3.05) is 0 Å². The number of benzene rings is 2. The number of hydrogen-bond donors (Lipinski definition) is 1. The van der Waals surface area contributed by atoms with Gasteiger partial charge in [-0.3, -0.25) is 0 Å². The van der Waals surface area contributed by atoms with Gasteiger partial charge in [-0.05, 0) is 58.2 Å². The number of nitrogens with two attached hydrogens (primary N) is 1. The van der Waals surface area contributed by atoms with Gasteiger partial charge in [0.15, 0.2) is 0 Å². The molecule has 0 radical (unpaired) electrons. The average molecular weight is 373 g/mol. The Bertz CT molecular complexity index is 623. The van der Waals surface area contributed by atoms with Gasteiger partial charge in [-0.25, -0.2) is 4.39 Å². The Balaban J connectivity index is 2.30. The smallest absolute Gasteiger partial charge is 0.139 e. The molecule has 0 saturated carbocycles. The summed E-state index contributed by atoms with van der Waals surface area (Å²) in [5, 5.41) is 0.629. The van der Waals surface area contributed by atoms with E-state index in [1.165, 1.54) is 6.07 Å². The van der Waals surface area contributed by atoms with Crippen molar-refractivity contribution in [2.24, 2.45) is 5.73 Å². The summed E-state index contributed by atoms with van der Waals surface area (Å²) >= 11 is 9.18. The summed E-state index contributed by atoms with van der Waals surface area (Å²) in [5.74, 6) is 0.221. The zero-order valence-corrected chi connectivity index (χ0v) is 13.9. The second-order valence-electron chi connectivity index (χ2n) is 4.74. The van der Waals surface area contributed by atoms with Crippen molar-refractivity contribution in [3.05, 3.63) is 63.3 Å². The first-order chi connectivity index (χ1) is 10.0. The SMILES string of the molecule is CCC(N)C(Oc1ccc(F)c(Br)c1)c1cccc(Cl)c1. The Labute approximate surface area is 137 Å². The molecule has 2 rings (SSSR count). The van der Waals surface area contributed by atoms with Gasteiger partial charge in [-0.15, -0.1) is 0 Å². The van der Waals surface area contributed by atoms with Gasteiger partial charge < -0.3 is 10.5 Å². The number of ether oxygens (including phenoxy) is 1. The predicted octanol–water partition coefficient (Wildman–Crippen LogP) is 5.10. The van der Waals surface area contributed by atoms with E-state index in [1.807, 2.05) is 25.1 Å². The molecule has 0 fully saturated rings. The zero-order chi connectivity index (χ0) is 15.4. The molecule has 2 N–H and O–H groups in total. The summed E-state index contributed by atoms with van der Waals surface area (Å²) in [6.45, 7) is 1.99. The first-order valence-electron chi connectivity index (χ1n) is 6.64. The molecule has 2 atom stereocenters. The van der Waals surface area contributed by atoms with Gasteiger partial charge in [0.05, 0.1) is 4.47 Å². The van der Waals surface area contributed by atoms with E-state index in [4.69, 9.17) is 22.1 Å². The van der Waals surface area contributed by atoms with E-state index >= 15 is 0 Å². The topological polar surface area (TPSA) is 35.2 Å². The molecule has 2 aromatic carbocycles. The van der Waals surface area contributed by atoms with Crippen molar-refractivity contribution in [2.45, 2.75) is 25.5 Å². The maximum atomic E-state index is 13.3. The van der Waals surface area contributed by atoms with E-state index in [9.17, 15) is 4.39 Å². The average Bonchev–Trinajstić information content (AvgIpc) is 2.47. The van der Waals surface area contributed by atoms with Crippen LogP contribution in [0.25, 0.3) is 0 Å². The summed E-state index contributed by atoms with van der Waals surface area (Å²) in [5.41, 5.74) is 7.06. The standard InChI is InChI=1S/C16H16BrClFNO/c1-2-15(20)16(10-4-3-5-11(18)8-10)21-12-6-7-14(19)13(17)9-12/h3-9,15-16H,2,20H2,1H3. The Morgan fingerprint density at radius 2 is 2.05 bits per heavy atom. The van der Waals surface area contributed by atoms with E-state index in [1.54, 1.807) is 18.2 Å². The van der Waals surface area contributed by atoms with Crippen LogP contribution in [0.1, 0.15) is 25.0 Å². The van der Waals surface area contributed by atoms with Crippen molar-refractivity contribution < 1.29 is 9.13 Å². The summed E-state index contributed by atoms with van der Waals surface area (Å²) < 4.78 is 19.6. The highest BCUT2D eigenvalue weighted by molar-refractivity contribution is 9.10. The van der Waals surface area contributed by atoms with E-state index in [0.717, 1.165) is 12.0 Å². The molecule has 21 heavy (non-hydrogen) atoms. The highest BCUT2D eigenvalue weighted by Crippen LogP contribution is 2.29. The lowest BCUT2D eigenvalue weighted by molar-refractivity contribution is 0.171. The minimum Gasteiger partial charge on any atom is -0.484 e. The van der Waals surface area contributed by atoms with Gasteiger partial charge in [0.2, 0.25) is 0 Å². The molecular weight excluding hydrogens is 357 g/mol. The van der Waals surface area contributed by atoms with Crippen LogP contribution in [0, 0.1) is 5.82 Å². The van der Waals surface area contributed by atoms with Gasteiger partial charge in [0.1, 0.15) is 17.7 Å². The molecule has 2 nitrogen and oxygen atoms in total. The molecule has 0 aliphatic carbocycles. The van der Waals surface area contributed by atoms with E-state index in [0.29, 0.717) is 15.2 Å². The van der Waals surface area contributed by atoms with Crippen LogP contribution < -0.4 is 10.5 Å². The Morgan fingerprint density at radius 3 is 2.67 bits per heavy atom. The number of hydrogen-bond acceptors (Lipinski definition) is 2. The van der Waals surface area contributed by atoms with E-state index in [2.05, 4.69) is 15.9 Å². The fraction of sp³-hybridized carbons (Fsp3) is 0.250. The van der Waals surface area contributed by atoms with Gasteiger partial charge in [0.25, 0.3) is 0 Å². The normalized spacial score (nSPS) is 13.8. The van der Waals surface area contributed by atoms with Crippen LogP contribution >= 0.6 is 27.5 Å². The highest BCUT2D eigenvalue weighted by atomic mass is 79.9. The summed E-state index contributed by atoms with van der Waals surface area (Å²) in [4.78, 5) is 0. The van der Waals surface area contributed by atoms with Gasteiger partial charge in [-0.2, -0.15) is 0 Å². The third kappa shape index (κ3) is 4.19. The fourth-order valence-corrected chi connectivity index (χ4v) is 2.55. The Morgan fingerprint density at radius 1 is 1.29 bits per heavy atom. The van der Waals surface area contributed by atoms with Crippen LogP contribution in [0.15, 0.2) is 46.9 Å². The molecule has 0 spiro atoms. The summed E-state index contributed by atoms with van der Waals surface area (Å²) in [6, 6.07) is 11.8. The highest BCUT2D eigenvalue weighted by Gasteiger charge is 2.21. The number of halogens is 3. The second-order valence-corrected chi connectivity index (χ2v) is 6.03. The first-order valence-corrected chi connectivity index (χ1v) is 7.81. The molecule has 5 heteroatoms. The minimum atomic E-state index is -0.342. The van der Waals surface area contributed by atoms with Crippen LogP contribution in [0.4, 0.5) is 4.39 Å². The lowest BCUT2D eigenvalue weighted by Crippen LogP contribution is -2.31. The largest absolute Gasteiger partial charge is 0.484 e. The third-order valence-corrected chi connectivity index (χ3v) is 4.03. The van der Waals surface area contributed by atoms with Gasteiger partial charge in [0, 0.05) is 11.1 Å². The lowest BCUT2D eigenvalue weighted by atomic mass is 10.0. The first kappa shape index (κ1) is 16.3. The summed E-state index contributed by atoms with van der Waals surface area (Å²) in [7, 11) is 0. The minimum absolute atomic E-state index is 0.188. The Kier molecular flexibility index (Phi) is 5.62. The Hall–Kier alpha value is -1.10. The molecule has 0 aromatic heterocycles. The molecule has 0 aliphatic heterocycles. The predicted molar refractivity (Wildman–Crippen MR) is 87.2 cm³/mol. The van der Waals surface area contributed by atoms with Crippen LogP contribution in [0.2, 0.25) is 5.02 Å². The molecule has 2 unspecified atom stereocenters. The zero-order valence-electron chi connectivity index (χ0n) is 11.5. The summed E-state index contributed by atoms with van der Waals surface area (Å²) in [6.07, 6.45) is 0.408. The van der Waals surface area contributed by atoms with Crippen LogP contribution in [-0.4, -0.2) is 6.04 Å². The molecule has 0 heterocycles. The van der Waals surface area contributed by atoms with E-state index in [-0.39, 0.29) is 18.0 Å². The molecule has 0 aliphatic rings. The maximum Gasteiger partial charge on any atom is 0.139 e. The molecule has 0 bridgehead atoms. The van der Waals surface area contributed by atoms with Crippen LogP contribution in [0.5, 0.6) is 5.75 Å². The van der Waals surface area contributed by atoms with Crippen molar-refractivity contribution in [3.8, 4) is 5.75 Å². The molecule has 2 aromatic rings. The van der Waals surface area contributed by atoms with Crippen molar-refractivity contribution >= 4 is 27.5 Å². The lowest BCUT2D eigenvalue weighted by Gasteiger charge is -2.25. The molecular formula is C16H16BrClFNO. The quantitative estimate of drug-likeness (QED) is 0.792. The third-order valence-electron chi connectivity index (χ3n) is 3.19. The van der Waals surface area contributed by atoms with Gasteiger partial charge in [-0.1, -0.05) is 30.7 Å². The van der Waals surface area contributed by atoms with Gasteiger partial charge >= 0.3 is 0 Å². The van der Waals surface area contributed by atoms with Crippen molar-refractivity contribution in [1.29, 1.82) is 0 Å². The van der Waals surface area contributed by atoms with Crippen molar-refractivity contribution in [3.63, 3.8) is 0 Å². The molecule has 0 saturated heterocycles. The number of rotatable bonds is 5. The van der Waals surface area contributed by atoms with Crippen LogP contribution in [0.3, 0.4) is 0 Å². The van der Waals surface area contributed by atoms with Crippen LogP contribution in [-0.2, 0) is 0 Å². The monoisotopic (exact) mass is 371 g/mol. The fourth-order valence-electron chi connectivity index (χ4n) is 2.00.